The van der Waals surface area contributed by atoms with Crippen LogP contribution in [0.3, 0.4) is 0 Å². The van der Waals surface area contributed by atoms with Crippen LogP contribution in [0.4, 0.5) is 0 Å². The molecule has 1 aliphatic rings. The van der Waals surface area contributed by atoms with Gasteiger partial charge in [0, 0.05) is 16.7 Å². The Morgan fingerprint density at radius 2 is 0.966 bits per heavy atom. The Bertz CT molecular complexity index is 3470. The van der Waals surface area contributed by atoms with Crippen molar-refractivity contribution in [2.45, 2.75) is 19.3 Å². The predicted molar refractivity (Wildman–Crippen MR) is 245 cm³/mol. The zero-order valence-corrected chi connectivity index (χ0v) is 32.4. The molecule has 0 amide bonds. The van der Waals surface area contributed by atoms with Crippen molar-refractivity contribution in [1.82, 2.24) is 9.55 Å². The highest BCUT2D eigenvalue weighted by Crippen LogP contribution is 2.54. The van der Waals surface area contributed by atoms with Crippen LogP contribution >= 0.6 is 0 Å². The summed E-state index contributed by atoms with van der Waals surface area (Å²) in [4.78, 5) is 5.35. The van der Waals surface area contributed by atoms with E-state index in [-0.39, 0.29) is 5.41 Å². The Balaban J connectivity index is 1.29. The summed E-state index contributed by atoms with van der Waals surface area (Å²) in [6, 6.07) is 71.5. The van der Waals surface area contributed by atoms with Crippen LogP contribution in [0.2, 0.25) is 0 Å². The molecule has 0 bridgehead atoms. The van der Waals surface area contributed by atoms with Crippen molar-refractivity contribution in [2.24, 2.45) is 0 Å². The van der Waals surface area contributed by atoms with Gasteiger partial charge < -0.3 is 0 Å². The van der Waals surface area contributed by atoms with E-state index in [1.807, 2.05) is 0 Å². The maximum Gasteiger partial charge on any atom is 0.145 e. The lowest BCUT2D eigenvalue weighted by atomic mass is 9.78. The largest absolute Gasteiger partial charge is 0.292 e. The lowest BCUT2D eigenvalue weighted by molar-refractivity contribution is 0.661. The van der Waals surface area contributed by atoms with Crippen LogP contribution in [-0.2, 0) is 5.41 Å². The molecule has 1 heterocycles. The molecule has 12 rings (SSSR count). The topological polar surface area (TPSA) is 17.8 Å². The Hall–Kier alpha value is -7.29. The number of hydrogen-bond acceptors (Lipinski definition) is 1. The molecule has 2 heteroatoms. The first-order valence-electron chi connectivity index (χ1n) is 20.2. The first kappa shape index (κ1) is 32.9. The van der Waals surface area contributed by atoms with Gasteiger partial charge in [0.2, 0.25) is 0 Å². The summed E-state index contributed by atoms with van der Waals surface area (Å²) in [5, 5.41) is 9.93. The van der Waals surface area contributed by atoms with Gasteiger partial charge in [0.1, 0.15) is 5.82 Å². The molecule has 0 aliphatic heterocycles. The van der Waals surface area contributed by atoms with Gasteiger partial charge >= 0.3 is 0 Å². The maximum atomic E-state index is 5.35. The standard InChI is InChI=1S/C56H38N2/c1-56(2)49-27-11-10-24-41(49)45-33-47-48(34-50(45)56)54(43-26-15-19-36-17-7-9-23-40(36)43)46-32-37(30-31-44(46)53(47)42-25-14-18-35-16-6-8-22-39(35)42)55-57-51-28-12-13-29-52(51)58(55)38-20-4-3-5-21-38/h3-34H,1-2H3. The molecule has 0 atom stereocenters. The zero-order valence-electron chi connectivity index (χ0n) is 32.4. The Morgan fingerprint density at radius 1 is 0.397 bits per heavy atom. The van der Waals surface area contributed by atoms with Gasteiger partial charge in [-0.15, -0.1) is 0 Å². The van der Waals surface area contributed by atoms with E-state index >= 15 is 0 Å². The number of rotatable bonds is 4. The molecule has 0 radical (unpaired) electrons. The van der Waals surface area contributed by atoms with E-state index in [1.54, 1.807) is 0 Å². The average Bonchev–Trinajstić information content (AvgIpc) is 3.77. The molecular formula is C56H38N2. The molecule has 10 aromatic carbocycles. The van der Waals surface area contributed by atoms with Crippen molar-refractivity contribution in [1.29, 1.82) is 0 Å². The molecule has 0 spiro atoms. The summed E-state index contributed by atoms with van der Waals surface area (Å²) >= 11 is 0. The lowest BCUT2D eigenvalue weighted by Crippen LogP contribution is -2.14. The molecule has 0 fully saturated rings. The molecule has 0 N–H and O–H groups in total. The summed E-state index contributed by atoms with van der Waals surface area (Å²) in [6.45, 7) is 4.78. The van der Waals surface area contributed by atoms with E-state index in [0.29, 0.717) is 0 Å². The second-order valence-electron chi connectivity index (χ2n) is 16.3. The minimum Gasteiger partial charge on any atom is -0.292 e. The third-order valence-electron chi connectivity index (χ3n) is 12.8. The van der Waals surface area contributed by atoms with Crippen LogP contribution in [0.1, 0.15) is 25.0 Å². The minimum absolute atomic E-state index is 0.160. The molecule has 1 aliphatic carbocycles. The molecular weight excluding hydrogens is 701 g/mol. The van der Waals surface area contributed by atoms with E-state index in [4.69, 9.17) is 4.98 Å². The van der Waals surface area contributed by atoms with E-state index in [1.165, 1.54) is 87.6 Å². The third-order valence-corrected chi connectivity index (χ3v) is 12.8. The van der Waals surface area contributed by atoms with Gasteiger partial charge in [0.05, 0.1) is 11.0 Å². The van der Waals surface area contributed by atoms with E-state index in [9.17, 15) is 0 Å². The summed E-state index contributed by atoms with van der Waals surface area (Å²) in [5.74, 6) is 0.926. The van der Waals surface area contributed by atoms with E-state index in [0.717, 1.165) is 28.1 Å². The highest BCUT2D eigenvalue weighted by atomic mass is 15.1. The molecule has 1 aromatic heterocycles. The molecule has 0 unspecified atom stereocenters. The molecule has 0 saturated carbocycles. The van der Waals surface area contributed by atoms with Gasteiger partial charge in [-0.25, -0.2) is 4.98 Å². The van der Waals surface area contributed by atoms with Crippen LogP contribution in [0.15, 0.2) is 194 Å². The number of para-hydroxylation sites is 3. The highest BCUT2D eigenvalue weighted by molar-refractivity contribution is 6.26. The Kier molecular flexibility index (Phi) is 7.01. The average molecular weight is 739 g/mol. The molecule has 58 heavy (non-hydrogen) atoms. The van der Waals surface area contributed by atoms with Crippen LogP contribution in [0.5, 0.6) is 0 Å². The van der Waals surface area contributed by atoms with Crippen molar-refractivity contribution in [3.05, 3.63) is 205 Å². The van der Waals surface area contributed by atoms with Crippen molar-refractivity contribution in [2.75, 3.05) is 0 Å². The number of benzene rings is 10. The van der Waals surface area contributed by atoms with E-state index in [2.05, 4.69) is 213 Å². The first-order chi connectivity index (χ1) is 28.5. The van der Waals surface area contributed by atoms with Gasteiger partial charge in [-0.2, -0.15) is 0 Å². The van der Waals surface area contributed by atoms with Crippen molar-refractivity contribution >= 4 is 54.1 Å². The molecule has 2 nitrogen and oxygen atoms in total. The summed E-state index contributed by atoms with van der Waals surface area (Å²) in [5.41, 5.74) is 14.5. The number of nitrogens with zero attached hydrogens (tertiary/aromatic N) is 2. The summed E-state index contributed by atoms with van der Waals surface area (Å²) in [7, 11) is 0. The summed E-state index contributed by atoms with van der Waals surface area (Å²) < 4.78 is 2.31. The number of hydrogen-bond donors (Lipinski definition) is 0. The Labute approximate surface area is 337 Å². The van der Waals surface area contributed by atoms with Crippen LogP contribution in [-0.4, -0.2) is 9.55 Å². The quantitative estimate of drug-likeness (QED) is 0.164. The molecule has 272 valence electrons. The fourth-order valence-electron chi connectivity index (χ4n) is 10.1. The van der Waals surface area contributed by atoms with Crippen molar-refractivity contribution in [3.8, 4) is 50.5 Å². The van der Waals surface area contributed by atoms with Gasteiger partial charge in [0.25, 0.3) is 0 Å². The second kappa shape index (κ2) is 12.4. The van der Waals surface area contributed by atoms with Gasteiger partial charge in [-0.05, 0) is 130 Å². The minimum atomic E-state index is -0.160. The van der Waals surface area contributed by atoms with Crippen LogP contribution in [0, 0.1) is 0 Å². The number of aromatic nitrogens is 2. The van der Waals surface area contributed by atoms with Gasteiger partial charge in [-0.3, -0.25) is 4.57 Å². The smallest absolute Gasteiger partial charge is 0.145 e. The fourth-order valence-corrected chi connectivity index (χ4v) is 10.1. The SMILES string of the molecule is CC1(C)c2ccccc2-c2cc3c(-c4cccc5ccccc45)c4ccc(-c5nc6ccccc6n5-c5ccccc5)cc4c(-c4cccc5ccccc45)c3cc21. The normalized spacial score (nSPS) is 13.1. The van der Waals surface area contributed by atoms with Crippen LogP contribution in [0.25, 0.3) is 105 Å². The zero-order chi connectivity index (χ0) is 38.5. The maximum absolute atomic E-state index is 5.35. The fraction of sp³-hybridized carbons (Fsp3) is 0.0536. The lowest BCUT2D eigenvalue weighted by Gasteiger charge is -2.24. The predicted octanol–water partition coefficient (Wildman–Crippen LogP) is 14.9. The van der Waals surface area contributed by atoms with Gasteiger partial charge in [0.15, 0.2) is 0 Å². The van der Waals surface area contributed by atoms with Crippen molar-refractivity contribution in [3.63, 3.8) is 0 Å². The highest BCUT2D eigenvalue weighted by Gasteiger charge is 2.36. The first-order valence-corrected chi connectivity index (χ1v) is 20.2. The number of fused-ring (bicyclic) bond motifs is 8. The molecule has 11 aromatic rings. The Morgan fingerprint density at radius 3 is 1.72 bits per heavy atom. The summed E-state index contributed by atoms with van der Waals surface area (Å²) in [6.07, 6.45) is 0. The van der Waals surface area contributed by atoms with Crippen LogP contribution < -0.4 is 0 Å². The third kappa shape index (κ3) is 4.69. The van der Waals surface area contributed by atoms with Crippen molar-refractivity contribution < 1.29 is 0 Å². The second-order valence-corrected chi connectivity index (χ2v) is 16.3. The molecule has 0 saturated heterocycles. The number of imidazole rings is 1. The monoisotopic (exact) mass is 738 g/mol. The van der Waals surface area contributed by atoms with Gasteiger partial charge in [-0.1, -0.05) is 166 Å². The van der Waals surface area contributed by atoms with E-state index < -0.39 is 0 Å².